The molecule has 2 rings (SSSR count). The van der Waals surface area contributed by atoms with Crippen molar-refractivity contribution in [1.82, 2.24) is 0 Å². The Morgan fingerprint density at radius 2 is 2.00 bits per heavy atom. The molecule has 1 N–H and O–H groups in total. The first-order valence-electron chi connectivity index (χ1n) is 7.04. The van der Waals surface area contributed by atoms with E-state index in [2.05, 4.69) is 4.18 Å². The fourth-order valence-electron chi connectivity index (χ4n) is 2.50. The van der Waals surface area contributed by atoms with Crippen LogP contribution in [0.25, 0.3) is 0 Å². The molecule has 0 amide bonds. The van der Waals surface area contributed by atoms with Crippen molar-refractivity contribution in [3.63, 3.8) is 0 Å². The van der Waals surface area contributed by atoms with Crippen LogP contribution in [-0.4, -0.2) is 50.6 Å². The Balaban J connectivity index is 2.13. The van der Waals surface area contributed by atoms with Gasteiger partial charge in [-0.25, -0.2) is 4.79 Å². The highest BCUT2D eigenvalue weighted by Gasteiger charge is 2.51. The van der Waals surface area contributed by atoms with Crippen molar-refractivity contribution in [1.29, 1.82) is 0 Å². The van der Waals surface area contributed by atoms with E-state index in [0.29, 0.717) is 5.56 Å². The molecule has 1 aliphatic heterocycles. The first-order chi connectivity index (χ1) is 11.5. The lowest BCUT2D eigenvalue weighted by atomic mass is 10.00. The molecule has 0 aromatic heterocycles. The summed E-state index contributed by atoms with van der Waals surface area (Å²) in [7, 11) is -4.66. The number of methoxy groups -OCH3 is 1. The molecule has 1 saturated heterocycles. The highest BCUT2D eigenvalue weighted by molar-refractivity contribution is 7.87. The summed E-state index contributed by atoms with van der Waals surface area (Å²) in [5, 5.41) is 9.14. The predicted molar refractivity (Wildman–Crippen MR) is 77.2 cm³/mol. The smallest absolute Gasteiger partial charge is 0.478 e. The van der Waals surface area contributed by atoms with E-state index in [4.69, 9.17) is 14.6 Å². The van der Waals surface area contributed by atoms with Crippen molar-refractivity contribution in [2.24, 2.45) is 0 Å². The molecule has 25 heavy (non-hydrogen) atoms. The summed E-state index contributed by atoms with van der Waals surface area (Å²) in [6.45, 7) is 0. The fraction of sp³-hybridized carbons (Fsp3) is 0.500. The molecule has 3 atom stereocenters. The third kappa shape index (κ3) is 4.48. The number of hydrogen-bond donors (Lipinski definition) is 1. The number of carbonyl (C=O) groups is 1. The Morgan fingerprint density at radius 3 is 2.56 bits per heavy atom. The molecule has 1 aromatic carbocycles. The summed E-state index contributed by atoms with van der Waals surface area (Å²) in [6, 6.07) is 6.05. The molecular weight excluding hydrogens is 369 g/mol. The quantitative estimate of drug-likeness (QED) is 0.591. The summed E-state index contributed by atoms with van der Waals surface area (Å²) < 4.78 is 74.0. The van der Waals surface area contributed by atoms with Crippen LogP contribution in [0.3, 0.4) is 0 Å². The minimum atomic E-state index is -5.80. The van der Waals surface area contributed by atoms with E-state index in [1.807, 2.05) is 0 Å². The van der Waals surface area contributed by atoms with Crippen LogP contribution in [0.2, 0.25) is 0 Å². The van der Waals surface area contributed by atoms with Gasteiger partial charge in [0.2, 0.25) is 0 Å². The highest BCUT2D eigenvalue weighted by atomic mass is 32.2. The maximum absolute atomic E-state index is 12.4. The topological polar surface area (TPSA) is 99.1 Å². The Labute approximate surface area is 141 Å². The number of carboxylic acid groups (broad SMARTS) is 1. The molecule has 1 heterocycles. The van der Waals surface area contributed by atoms with Gasteiger partial charge in [-0.3, -0.25) is 4.18 Å². The molecule has 0 spiro atoms. The number of carboxylic acids is 1. The summed E-state index contributed by atoms with van der Waals surface area (Å²) in [5.41, 5.74) is -5.14. The molecule has 0 aliphatic carbocycles. The zero-order valence-corrected chi connectivity index (χ0v) is 13.7. The van der Waals surface area contributed by atoms with Gasteiger partial charge in [-0.1, -0.05) is 18.2 Å². The number of hydrogen-bond acceptors (Lipinski definition) is 6. The standard InChI is InChI=1S/C14H15F3O7S/c1-22-13-11(24-25(20,21)14(15,16)17)7-9(23-13)6-8-4-2-3-5-10(8)12(18)19/h2-5,9,11,13H,6-7H2,1H3,(H,18,19)/t9-,11-,13?/m0/s1. The minimum absolute atomic E-state index is 0.0207. The molecule has 0 radical (unpaired) electrons. The largest absolute Gasteiger partial charge is 0.523 e. The second-order valence-electron chi connectivity index (χ2n) is 5.30. The van der Waals surface area contributed by atoms with E-state index in [1.165, 1.54) is 18.2 Å². The van der Waals surface area contributed by atoms with Crippen molar-refractivity contribution in [2.45, 2.75) is 36.8 Å². The van der Waals surface area contributed by atoms with Crippen LogP contribution in [0.5, 0.6) is 0 Å². The molecule has 140 valence electrons. The third-order valence-corrected chi connectivity index (χ3v) is 4.65. The van der Waals surface area contributed by atoms with Gasteiger partial charge < -0.3 is 14.6 Å². The van der Waals surface area contributed by atoms with Gasteiger partial charge in [-0.15, -0.1) is 0 Å². The monoisotopic (exact) mass is 384 g/mol. The Kier molecular flexibility index (Phi) is 5.72. The second-order valence-corrected chi connectivity index (χ2v) is 6.86. The van der Waals surface area contributed by atoms with Crippen LogP contribution in [0.1, 0.15) is 22.3 Å². The van der Waals surface area contributed by atoms with Gasteiger partial charge in [0.05, 0.1) is 11.7 Å². The van der Waals surface area contributed by atoms with Gasteiger partial charge in [-0.2, -0.15) is 21.6 Å². The average molecular weight is 384 g/mol. The molecule has 7 nitrogen and oxygen atoms in total. The molecule has 0 bridgehead atoms. The van der Waals surface area contributed by atoms with Gasteiger partial charge in [0, 0.05) is 13.5 Å². The summed E-state index contributed by atoms with van der Waals surface area (Å²) >= 11 is 0. The maximum Gasteiger partial charge on any atom is 0.523 e. The lowest BCUT2D eigenvalue weighted by molar-refractivity contribution is -0.145. The van der Waals surface area contributed by atoms with Crippen LogP contribution in [0, 0.1) is 0 Å². The highest BCUT2D eigenvalue weighted by Crippen LogP contribution is 2.32. The summed E-state index contributed by atoms with van der Waals surface area (Å²) in [4.78, 5) is 11.2. The van der Waals surface area contributed by atoms with E-state index in [1.54, 1.807) is 6.07 Å². The number of rotatable bonds is 6. The van der Waals surface area contributed by atoms with Gasteiger partial charge in [0.15, 0.2) is 6.29 Å². The molecule has 1 unspecified atom stereocenters. The van der Waals surface area contributed by atoms with Crippen LogP contribution < -0.4 is 0 Å². The molecule has 1 aromatic rings. The number of aromatic carboxylic acids is 1. The Bertz CT molecular complexity index is 732. The summed E-state index contributed by atoms with van der Waals surface area (Å²) in [5.74, 6) is -1.16. The number of halogens is 3. The van der Waals surface area contributed by atoms with Crippen LogP contribution in [0.4, 0.5) is 13.2 Å². The fourth-order valence-corrected chi connectivity index (χ4v) is 3.10. The number of ether oxygens (including phenoxy) is 2. The maximum atomic E-state index is 12.4. The number of benzene rings is 1. The SMILES string of the molecule is COC1O[C@@H](Cc2ccccc2C(=O)O)C[C@@H]1OS(=O)(=O)C(F)(F)F. The lowest BCUT2D eigenvalue weighted by Crippen LogP contribution is -2.34. The van der Waals surface area contributed by atoms with Gasteiger partial charge >= 0.3 is 21.6 Å². The zero-order valence-electron chi connectivity index (χ0n) is 12.9. The van der Waals surface area contributed by atoms with E-state index < -0.39 is 40.1 Å². The third-order valence-electron chi connectivity index (χ3n) is 3.59. The molecule has 0 saturated carbocycles. The van der Waals surface area contributed by atoms with Crippen molar-refractivity contribution in [2.75, 3.05) is 7.11 Å². The van der Waals surface area contributed by atoms with Gasteiger partial charge in [0.1, 0.15) is 6.10 Å². The zero-order chi connectivity index (χ0) is 18.8. The van der Waals surface area contributed by atoms with Crippen LogP contribution in [-0.2, 0) is 30.2 Å². The normalized spacial score (nSPS) is 24.4. The molecular formula is C14H15F3O7S. The first kappa shape index (κ1) is 19.6. The van der Waals surface area contributed by atoms with Crippen molar-refractivity contribution in [3.05, 3.63) is 35.4 Å². The van der Waals surface area contributed by atoms with Crippen LogP contribution >= 0.6 is 0 Å². The predicted octanol–water partition coefficient (Wildman–Crippen LogP) is 1.92. The van der Waals surface area contributed by atoms with E-state index in [-0.39, 0.29) is 18.4 Å². The first-order valence-corrected chi connectivity index (χ1v) is 8.45. The van der Waals surface area contributed by atoms with E-state index >= 15 is 0 Å². The lowest BCUT2D eigenvalue weighted by Gasteiger charge is -2.17. The summed E-state index contributed by atoms with van der Waals surface area (Å²) in [6.07, 6.45) is -3.73. The van der Waals surface area contributed by atoms with Gasteiger partial charge in [0.25, 0.3) is 0 Å². The average Bonchev–Trinajstić information content (AvgIpc) is 2.87. The van der Waals surface area contributed by atoms with Crippen molar-refractivity contribution >= 4 is 16.1 Å². The van der Waals surface area contributed by atoms with Crippen LogP contribution in [0.15, 0.2) is 24.3 Å². The Morgan fingerprint density at radius 1 is 1.36 bits per heavy atom. The van der Waals surface area contributed by atoms with Crippen molar-refractivity contribution < 1.29 is 45.1 Å². The minimum Gasteiger partial charge on any atom is -0.478 e. The molecule has 1 aliphatic rings. The molecule has 11 heteroatoms. The Hall–Kier alpha value is -1.69. The van der Waals surface area contributed by atoms with E-state index in [0.717, 1.165) is 7.11 Å². The molecule has 1 fully saturated rings. The second kappa shape index (κ2) is 7.28. The van der Waals surface area contributed by atoms with Crippen molar-refractivity contribution in [3.8, 4) is 0 Å². The van der Waals surface area contributed by atoms with E-state index in [9.17, 15) is 26.4 Å². The number of alkyl halides is 3. The van der Waals surface area contributed by atoms with Gasteiger partial charge in [-0.05, 0) is 18.1 Å².